The third kappa shape index (κ3) is 2.88. The summed E-state index contributed by atoms with van der Waals surface area (Å²) < 4.78 is 1.45. The van der Waals surface area contributed by atoms with Gasteiger partial charge in [0, 0.05) is 22.4 Å². The van der Waals surface area contributed by atoms with Crippen LogP contribution in [-0.4, -0.2) is 19.7 Å². The van der Waals surface area contributed by atoms with Gasteiger partial charge in [0.05, 0.1) is 11.0 Å². The fourth-order valence-corrected chi connectivity index (χ4v) is 3.32. The van der Waals surface area contributed by atoms with Crippen LogP contribution in [0.1, 0.15) is 11.3 Å². The van der Waals surface area contributed by atoms with E-state index in [2.05, 4.69) is 46.3 Å². The molecule has 2 aromatic carbocycles. The highest BCUT2D eigenvalue weighted by molar-refractivity contribution is 7.98. The molecule has 0 saturated carbocycles. The predicted molar refractivity (Wildman–Crippen MR) is 96.8 cm³/mol. The Labute approximate surface area is 142 Å². The lowest BCUT2D eigenvalue weighted by molar-refractivity contribution is 0.789. The number of fused-ring (bicyclic) bond motifs is 1. The van der Waals surface area contributed by atoms with Crippen molar-refractivity contribution in [1.29, 1.82) is 0 Å². The number of thioether (sulfide) groups is 1. The molecule has 120 valence electrons. The topological polar surface area (TPSA) is 66.5 Å². The molecule has 0 fully saturated rings. The molecule has 0 amide bonds. The largest absolute Gasteiger partial charge is 0.322 e. The fraction of sp³-hybridized carbons (Fsp3) is 0.111. The Hall–Kier alpha value is -2.73. The van der Waals surface area contributed by atoms with Crippen molar-refractivity contribution in [2.45, 2.75) is 17.6 Å². The number of hydrogen-bond acceptors (Lipinski definition) is 3. The normalized spacial score (nSPS) is 11.2. The highest BCUT2D eigenvalue weighted by atomic mass is 32.2. The monoisotopic (exact) mass is 336 g/mol. The van der Waals surface area contributed by atoms with Gasteiger partial charge < -0.3 is 4.98 Å². The minimum Gasteiger partial charge on any atom is -0.322 e. The molecule has 0 aliphatic heterocycles. The van der Waals surface area contributed by atoms with E-state index >= 15 is 0 Å². The number of aryl methyl sites for hydroxylation is 1. The average Bonchev–Trinajstić information content (AvgIpc) is 3.17. The lowest BCUT2D eigenvalue weighted by Gasteiger charge is -2.01. The van der Waals surface area contributed by atoms with E-state index in [9.17, 15) is 4.79 Å². The maximum Gasteiger partial charge on any atom is 0.274 e. The number of nitrogens with zero attached hydrogens (tertiary/aromatic N) is 2. The van der Waals surface area contributed by atoms with E-state index in [4.69, 9.17) is 0 Å². The van der Waals surface area contributed by atoms with Gasteiger partial charge in [-0.3, -0.25) is 9.89 Å². The van der Waals surface area contributed by atoms with Gasteiger partial charge >= 0.3 is 0 Å². The maximum atomic E-state index is 12.2. The van der Waals surface area contributed by atoms with Gasteiger partial charge in [-0.05, 0) is 31.2 Å². The number of aromatic amines is 2. The minimum atomic E-state index is -0.117. The van der Waals surface area contributed by atoms with Gasteiger partial charge in [0.15, 0.2) is 0 Å². The van der Waals surface area contributed by atoms with Crippen LogP contribution < -0.4 is 5.56 Å². The van der Waals surface area contributed by atoms with E-state index in [1.54, 1.807) is 17.8 Å². The Morgan fingerprint density at radius 1 is 1.12 bits per heavy atom. The van der Waals surface area contributed by atoms with Gasteiger partial charge in [0.1, 0.15) is 0 Å². The highest BCUT2D eigenvalue weighted by Gasteiger charge is 2.09. The first kappa shape index (κ1) is 14.8. The van der Waals surface area contributed by atoms with E-state index in [1.165, 1.54) is 15.1 Å². The summed E-state index contributed by atoms with van der Waals surface area (Å²) in [6.07, 6.45) is 0. The Kier molecular flexibility index (Phi) is 3.74. The maximum absolute atomic E-state index is 12.2. The summed E-state index contributed by atoms with van der Waals surface area (Å²) in [6, 6.07) is 17.7. The molecule has 0 aliphatic carbocycles. The van der Waals surface area contributed by atoms with E-state index in [1.807, 2.05) is 24.3 Å². The summed E-state index contributed by atoms with van der Waals surface area (Å²) in [6.45, 7) is 2.07. The summed E-state index contributed by atoms with van der Waals surface area (Å²) in [5.41, 5.74) is 3.73. The van der Waals surface area contributed by atoms with Crippen LogP contribution in [0.2, 0.25) is 0 Å². The summed E-state index contributed by atoms with van der Waals surface area (Å²) >= 11 is 1.69. The quantitative estimate of drug-likeness (QED) is 0.559. The fourth-order valence-electron chi connectivity index (χ4n) is 2.52. The molecule has 0 aliphatic rings. The number of imidazole rings is 1. The molecular weight excluding hydrogens is 320 g/mol. The smallest absolute Gasteiger partial charge is 0.274 e. The Balaban J connectivity index is 1.57. The van der Waals surface area contributed by atoms with E-state index in [0.29, 0.717) is 11.7 Å². The lowest BCUT2D eigenvalue weighted by atomic mass is 10.2. The molecule has 0 bridgehead atoms. The second-order valence-electron chi connectivity index (χ2n) is 5.63. The molecule has 0 saturated heterocycles. The number of nitrogens with one attached hydrogen (secondary N) is 2. The molecule has 2 N–H and O–H groups in total. The number of H-pyrrole nitrogens is 2. The molecule has 0 spiro atoms. The van der Waals surface area contributed by atoms with Gasteiger partial charge in [0.2, 0.25) is 5.95 Å². The molecule has 0 atom stereocenters. The average molecular weight is 336 g/mol. The molecule has 4 aromatic rings. The summed E-state index contributed by atoms with van der Waals surface area (Å²) in [4.78, 5) is 21.0. The van der Waals surface area contributed by atoms with E-state index < -0.39 is 0 Å². The van der Waals surface area contributed by atoms with Crippen molar-refractivity contribution in [3.05, 3.63) is 76.2 Å². The predicted octanol–water partition coefficient (Wildman–Crippen LogP) is 3.64. The van der Waals surface area contributed by atoms with Gasteiger partial charge in [-0.25, -0.2) is 4.98 Å². The summed E-state index contributed by atoms with van der Waals surface area (Å²) in [7, 11) is 0. The van der Waals surface area contributed by atoms with Gasteiger partial charge in [0.25, 0.3) is 5.56 Å². The van der Waals surface area contributed by atoms with Crippen molar-refractivity contribution in [1.82, 2.24) is 19.7 Å². The molecule has 5 nitrogen and oxygen atoms in total. The van der Waals surface area contributed by atoms with Crippen LogP contribution in [0.3, 0.4) is 0 Å². The third-order valence-corrected chi connectivity index (χ3v) is 4.84. The van der Waals surface area contributed by atoms with Crippen molar-refractivity contribution in [3.8, 4) is 5.95 Å². The zero-order chi connectivity index (χ0) is 16.5. The SMILES string of the molecule is Cc1ccc(SCc2cc(=O)n(-c3nc4ccccc4[nH]3)[nH]2)cc1. The number of aromatic nitrogens is 4. The minimum absolute atomic E-state index is 0.117. The van der Waals surface area contributed by atoms with Gasteiger partial charge in [-0.2, -0.15) is 4.68 Å². The second kappa shape index (κ2) is 6.05. The van der Waals surface area contributed by atoms with Crippen molar-refractivity contribution >= 4 is 22.8 Å². The zero-order valence-electron chi connectivity index (χ0n) is 13.1. The Morgan fingerprint density at radius 3 is 2.71 bits per heavy atom. The number of hydrogen-bond donors (Lipinski definition) is 2. The van der Waals surface area contributed by atoms with Crippen molar-refractivity contribution in [2.24, 2.45) is 0 Å². The first-order valence-electron chi connectivity index (χ1n) is 7.64. The van der Waals surface area contributed by atoms with Crippen LogP contribution in [-0.2, 0) is 5.75 Å². The van der Waals surface area contributed by atoms with Crippen molar-refractivity contribution < 1.29 is 0 Å². The first-order valence-corrected chi connectivity index (χ1v) is 8.63. The standard InChI is InChI=1S/C18H16N4OS/c1-12-6-8-14(9-7-12)24-11-13-10-17(23)22(21-13)18-19-15-4-2-3-5-16(15)20-18/h2-10,21H,11H2,1H3,(H,19,20). The van der Waals surface area contributed by atoms with Crippen LogP contribution in [0.5, 0.6) is 0 Å². The first-order chi connectivity index (χ1) is 11.7. The molecule has 6 heteroatoms. The molecule has 2 aromatic heterocycles. The molecule has 4 rings (SSSR count). The highest BCUT2D eigenvalue weighted by Crippen LogP contribution is 2.22. The van der Waals surface area contributed by atoms with Crippen LogP contribution in [0, 0.1) is 6.92 Å². The van der Waals surface area contributed by atoms with Crippen molar-refractivity contribution in [2.75, 3.05) is 0 Å². The van der Waals surface area contributed by atoms with E-state index in [0.717, 1.165) is 16.7 Å². The molecule has 24 heavy (non-hydrogen) atoms. The van der Waals surface area contributed by atoms with E-state index in [-0.39, 0.29) is 5.56 Å². The van der Waals surface area contributed by atoms with Crippen LogP contribution in [0.15, 0.2) is 64.3 Å². The van der Waals surface area contributed by atoms with Crippen LogP contribution >= 0.6 is 11.8 Å². The molecule has 0 unspecified atom stereocenters. The molecular formula is C18H16N4OS. The summed E-state index contributed by atoms with van der Waals surface area (Å²) in [5.74, 6) is 1.21. The van der Waals surface area contributed by atoms with Gasteiger partial charge in [-0.15, -0.1) is 11.8 Å². The number of para-hydroxylation sites is 2. The van der Waals surface area contributed by atoms with Crippen LogP contribution in [0.4, 0.5) is 0 Å². The number of rotatable bonds is 4. The lowest BCUT2D eigenvalue weighted by Crippen LogP contribution is -2.14. The Bertz CT molecular complexity index is 1010. The van der Waals surface area contributed by atoms with Crippen LogP contribution in [0.25, 0.3) is 17.0 Å². The number of benzene rings is 2. The molecule has 2 heterocycles. The van der Waals surface area contributed by atoms with Gasteiger partial charge in [-0.1, -0.05) is 29.8 Å². The third-order valence-electron chi connectivity index (χ3n) is 3.78. The summed E-state index contributed by atoms with van der Waals surface area (Å²) in [5, 5.41) is 3.13. The second-order valence-corrected chi connectivity index (χ2v) is 6.68. The Morgan fingerprint density at radius 2 is 1.92 bits per heavy atom. The molecule has 0 radical (unpaired) electrons. The van der Waals surface area contributed by atoms with Crippen molar-refractivity contribution in [3.63, 3.8) is 0 Å². The zero-order valence-corrected chi connectivity index (χ0v) is 13.9.